The maximum Gasteiger partial charge on any atom is 0.242 e. The number of halogens is 1. The molecule has 2 aromatic rings. The Labute approximate surface area is 171 Å². The first-order chi connectivity index (χ1) is 13.1. The van der Waals surface area contributed by atoms with Crippen LogP contribution in [0.5, 0.6) is 5.75 Å². The minimum absolute atomic E-state index is 0. The highest BCUT2D eigenvalue weighted by molar-refractivity contribution is 5.89. The molecule has 1 aliphatic heterocycles. The second-order valence-electron chi connectivity index (χ2n) is 6.70. The fraction of sp³-hybridized carbons (Fsp3) is 0.333. The van der Waals surface area contributed by atoms with E-state index in [-0.39, 0.29) is 30.3 Å². The van der Waals surface area contributed by atoms with Gasteiger partial charge in [0.15, 0.2) is 0 Å². The molecule has 2 aromatic carbocycles. The van der Waals surface area contributed by atoms with Crippen LogP contribution in [0.2, 0.25) is 0 Å². The maximum absolute atomic E-state index is 12.5. The molecule has 6 nitrogen and oxygen atoms in total. The first-order valence-electron chi connectivity index (χ1n) is 9.08. The maximum atomic E-state index is 12.5. The van der Waals surface area contributed by atoms with Gasteiger partial charge in [0.25, 0.3) is 0 Å². The molecular weight excluding hydrogens is 378 g/mol. The fourth-order valence-electron chi connectivity index (χ4n) is 3.10. The van der Waals surface area contributed by atoms with Crippen LogP contribution in [-0.2, 0) is 29.1 Å². The molecule has 0 saturated heterocycles. The number of carbonyl (C=O) groups is 2. The van der Waals surface area contributed by atoms with Gasteiger partial charge in [-0.15, -0.1) is 12.4 Å². The Kier molecular flexibility index (Phi) is 7.84. The third kappa shape index (κ3) is 5.47. The Balaban J connectivity index is 0.00000280. The Morgan fingerprint density at radius 1 is 1.14 bits per heavy atom. The third-order valence-corrected chi connectivity index (χ3v) is 4.78. The molecule has 0 spiro atoms. The normalized spacial score (nSPS) is 16.1. The van der Waals surface area contributed by atoms with Crippen molar-refractivity contribution >= 4 is 24.2 Å². The van der Waals surface area contributed by atoms with E-state index in [0.717, 1.165) is 11.3 Å². The van der Waals surface area contributed by atoms with Gasteiger partial charge in [0.1, 0.15) is 11.8 Å². The number of fused-ring (bicyclic) bond motifs is 1. The van der Waals surface area contributed by atoms with Gasteiger partial charge in [-0.1, -0.05) is 36.4 Å². The zero-order valence-corrected chi connectivity index (χ0v) is 16.8. The van der Waals surface area contributed by atoms with E-state index in [1.807, 2.05) is 42.5 Å². The monoisotopic (exact) mass is 403 g/mol. The second-order valence-corrected chi connectivity index (χ2v) is 6.70. The largest absolute Gasteiger partial charge is 0.497 e. The van der Waals surface area contributed by atoms with Crippen LogP contribution in [0.4, 0.5) is 0 Å². The van der Waals surface area contributed by atoms with Gasteiger partial charge < -0.3 is 20.7 Å². The topological polar surface area (TPSA) is 79.5 Å². The number of carbonyl (C=O) groups excluding carboxylic acids is 2. The summed E-state index contributed by atoms with van der Waals surface area (Å²) in [6, 6.07) is 14.6. The van der Waals surface area contributed by atoms with E-state index in [1.165, 1.54) is 11.1 Å². The van der Waals surface area contributed by atoms with Gasteiger partial charge in [-0.3, -0.25) is 9.59 Å². The van der Waals surface area contributed by atoms with Crippen molar-refractivity contribution in [2.24, 2.45) is 0 Å². The van der Waals surface area contributed by atoms with E-state index in [0.29, 0.717) is 19.5 Å². The van der Waals surface area contributed by atoms with Crippen LogP contribution in [0, 0.1) is 0 Å². The first kappa shape index (κ1) is 21.7. The van der Waals surface area contributed by atoms with Gasteiger partial charge >= 0.3 is 0 Å². The standard InChI is InChI=1S/C21H25N3O3.ClH/c1-14(20(25)23-12-15-7-9-18(27-2)10-8-15)24-21(26)19-11-16-5-3-4-6-17(16)13-22-19;/h3-10,14,19,22H,11-13H2,1-2H3,(H,23,25)(H,24,26);1H. The molecule has 3 rings (SSSR count). The predicted molar refractivity (Wildman–Crippen MR) is 110 cm³/mol. The first-order valence-corrected chi connectivity index (χ1v) is 9.08. The highest BCUT2D eigenvalue weighted by Crippen LogP contribution is 2.16. The van der Waals surface area contributed by atoms with Gasteiger partial charge in [-0.2, -0.15) is 0 Å². The molecule has 2 atom stereocenters. The Morgan fingerprint density at radius 3 is 2.50 bits per heavy atom. The Hall–Kier alpha value is -2.57. The highest BCUT2D eigenvalue weighted by Gasteiger charge is 2.26. The lowest BCUT2D eigenvalue weighted by molar-refractivity contribution is -0.129. The summed E-state index contributed by atoms with van der Waals surface area (Å²) in [5.41, 5.74) is 3.35. The van der Waals surface area contributed by atoms with E-state index in [1.54, 1.807) is 14.0 Å². The predicted octanol–water partition coefficient (Wildman–Crippen LogP) is 1.95. The molecule has 0 aromatic heterocycles. The quantitative estimate of drug-likeness (QED) is 0.688. The summed E-state index contributed by atoms with van der Waals surface area (Å²) in [4.78, 5) is 24.8. The summed E-state index contributed by atoms with van der Waals surface area (Å²) in [7, 11) is 1.61. The third-order valence-electron chi connectivity index (χ3n) is 4.78. The van der Waals surface area contributed by atoms with E-state index in [2.05, 4.69) is 22.0 Å². The Morgan fingerprint density at radius 2 is 1.82 bits per heavy atom. The van der Waals surface area contributed by atoms with Gasteiger partial charge in [-0.25, -0.2) is 0 Å². The van der Waals surface area contributed by atoms with Crippen LogP contribution in [0.25, 0.3) is 0 Å². The molecule has 1 aliphatic rings. The zero-order chi connectivity index (χ0) is 19.2. The number of hydrogen-bond donors (Lipinski definition) is 3. The van der Waals surface area contributed by atoms with Crippen LogP contribution in [-0.4, -0.2) is 31.0 Å². The molecule has 1 heterocycles. The van der Waals surface area contributed by atoms with Crippen molar-refractivity contribution < 1.29 is 14.3 Å². The summed E-state index contributed by atoms with van der Waals surface area (Å²) in [6.07, 6.45) is 0.627. The number of ether oxygens (including phenoxy) is 1. The molecule has 0 radical (unpaired) electrons. The van der Waals surface area contributed by atoms with Crippen LogP contribution in [0.1, 0.15) is 23.6 Å². The number of methoxy groups -OCH3 is 1. The summed E-state index contributed by atoms with van der Waals surface area (Å²) >= 11 is 0. The molecule has 0 bridgehead atoms. The molecule has 0 fully saturated rings. The average Bonchev–Trinajstić information content (AvgIpc) is 2.71. The van der Waals surface area contributed by atoms with Crippen LogP contribution in [0.3, 0.4) is 0 Å². The number of amides is 2. The van der Waals surface area contributed by atoms with Crippen LogP contribution in [0.15, 0.2) is 48.5 Å². The van der Waals surface area contributed by atoms with Crippen LogP contribution < -0.4 is 20.7 Å². The van der Waals surface area contributed by atoms with E-state index < -0.39 is 6.04 Å². The summed E-state index contributed by atoms with van der Waals surface area (Å²) < 4.78 is 5.12. The highest BCUT2D eigenvalue weighted by atomic mass is 35.5. The van der Waals surface area contributed by atoms with Crippen molar-refractivity contribution in [3.05, 3.63) is 65.2 Å². The summed E-state index contributed by atoms with van der Waals surface area (Å²) in [5, 5.41) is 8.88. The molecule has 0 saturated carbocycles. The van der Waals surface area contributed by atoms with Gasteiger partial charge in [0, 0.05) is 13.1 Å². The number of benzene rings is 2. The molecular formula is C21H26ClN3O3. The summed E-state index contributed by atoms with van der Waals surface area (Å²) in [5.74, 6) is 0.402. The smallest absolute Gasteiger partial charge is 0.242 e. The summed E-state index contributed by atoms with van der Waals surface area (Å²) in [6.45, 7) is 2.75. The minimum atomic E-state index is -0.602. The lowest BCUT2D eigenvalue weighted by atomic mass is 9.95. The van der Waals surface area contributed by atoms with Crippen molar-refractivity contribution in [1.29, 1.82) is 0 Å². The molecule has 2 unspecified atom stereocenters. The lowest BCUT2D eigenvalue weighted by Crippen LogP contribution is -2.53. The van der Waals surface area contributed by atoms with E-state index in [4.69, 9.17) is 4.74 Å². The van der Waals surface area contributed by atoms with Crippen molar-refractivity contribution in [3.63, 3.8) is 0 Å². The van der Waals surface area contributed by atoms with E-state index >= 15 is 0 Å². The molecule has 2 amide bonds. The van der Waals surface area contributed by atoms with Gasteiger partial charge in [-0.05, 0) is 42.2 Å². The van der Waals surface area contributed by atoms with E-state index in [9.17, 15) is 9.59 Å². The number of hydrogen-bond acceptors (Lipinski definition) is 4. The molecule has 0 aliphatic carbocycles. The minimum Gasteiger partial charge on any atom is -0.497 e. The Bertz CT molecular complexity index is 811. The second kappa shape index (κ2) is 10.1. The van der Waals surface area contributed by atoms with Crippen molar-refractivity contribution in [2.75, 3.05) is 7.11 Å². The molecule has 150 valence electrons. The zero-order valence-electron chi connectivity index (χ0n) is 16.0. The van der Waals surface area contributed by atoms with Gasteiger partial charge in [0.2, 0.25) is 11.8 Å². The SMILES string of the molecule is COc1ccc(CNC(=O)C(C)NC(=O)C2Cc3ccccc3CN2)cc1.Cl. The van der Waals surface area contributed by atoms with Crippen LogP contribution >= 0.6 is 12.4 Å². The molecule has 28 heavy (non-hydrogen) atoms. The molecule has 3 N–H and O–H groups in total. The lowest BCUT2D eigenvalue weighted by Gasteiger charge is -2.26. The van der Waals surface area contributed by atoms with Gasteiger partial charge in [0.05, 0.1) is 13.2 Å². The average molecular weight is 404 g/mol. The van der Waals surface area contributed by atoms with Crippen molar-refractivity contribution in [3.8, 4) is 5.75 Å². The molecule has 7 heteroatoms. The van der Waals surface area contributed by atoms with Crippen molar-refractivity contribution in [1.82, 2.24) is 16.0 Å². The van der Waals surface area contributed by atoms with Crippen molar-refractivity contribution in [2.45, 2.75) is 38.5 Å². The fourth-order valence-corrected chi connectivity index (χ4v) is 3.10. The number of nitrogens with one attached hydrogen (secondary N) is 3. The number of rotatable bonds is 6.